The summed E-state index contributed by atoms with van der Waals surface area (Å²) < 4.78 is 2.19. The summed E-state index contributed by atoms with van der Waals surface area (Å²) in [6, 6.07) is 19.8. The van der Waals surface area contributed by atoms with Crippen LogP contribution in [0.25, 0.3) is 27.5 Å². The Kier molecular flexibility index (Phi) is 2.55. The molecule has 0 atom stereocenters. The molecule has 4 heteroatoms. The van der Waals surface area contributed by atoms with Gasteiger partial charge in [-0.2, -0.15) is 0 Å². The molecule has 122 valence electrons. The molecular formula is C21H16N2O2. The highest BCUT2D eigenvalue weighted by Crippen LogP contribution is 2.47. The first kappa shape index (κ1) is 14.2. The molecule has 4 aromatic rings. The predicted molar refractivity (Wildman–Crippen MR) is 99.6 cm³/mol. The zero-order chi connectivity index (χ0) is 17.3. The number of fused-ring (bicyclic) bond motifs is 5. The highest BCUT2D eigenvalue weighted by Gasteiger charge is 2.34. The summed E-state index contributed by atoms with van der Waals surface area (Å²) in [7, 11) is 0. The Morgan fingerprint density at radius 2 is 1.68 bits per heavy atom. The number of rotatable bonds is 1. The van der Waals surface area contributed by atoms with Crippen molar-refractivity contribution in [3.63, 3.8) is 0 Å². The Bertz CT molecular complexity index is 1200. The van der Waals surface area contributed by atoms with Crippen molar-refractivity contribution in [1.29, 1.82) is 0 Å². The summed E-state index contributed by atoms with van der Waals surface area (Å²) in [4.78, 5) is 11.0. The van der Waals surface area contributed by atoms with Crippen molar-refractivity contribution >= 4 is 27.5 Å². The zero-order valence-corrected chi connectivity index (χ0v) is 14.0. The predicted octanol–water partition coefficient (Wildman–Crippen LogP) is 5.33. The maximum atomic E-state index is 11.3. The molecule has 0 N–H and O–H groups in total. The van der Waals surface area contributed by atoms with E-state index in [9.17, 15) is 10.1 Å². The van der Waals surface area contributed by atoms with Crippen LogP contribution in [-0.4, -0.2) is 9.49 Å². The third kappa shape index (κ3) is 1.66. The van der Waals surface area contributed by atoms with Crippen molar-refractivity contribution in [2.24, 2.45) is 0 Å². The van der Waals surface area contributed by atoms with Gasteiger partial charge in [-0.25, -0.2) is 0 Å². The van der Waals surface area contributed by atoms with Gasteiger partial charge in [0.1, 0.15) is 0 Å². The minimum absolute atomic E-state index is 0.119. The highest BCUT2D eigenvalue weighted by molar-refractivity contribution is 6.12. The first-order valence-electron chi connectivity index (χ1n) is 8.32. The number of para-hydroxylation sites is 2. The molecule has 0 spiro atoms. The van der Waals surface area contributed by atoms with Crippen LogP contribution >= 0.6 is 0 Å². The molecule has 1 aliphatic rings. The van der Waals surface area contributed by atoms with Crippen LogP contribution < -0.4 is 0 Å². The van der Waals surface area contributed by atoms with Crippen LogP contribution in [0, 0.1) is 10.1 Å². The fourth-order valence-electron chi connectivity index (χ4n) is 4.27. The number of nitro benzene ring substituents is 1. The number of benzene rings is 3. The third-order valence-electron chi connectivity index (χ3n) is 5.47. The lowest BCUT2D eigenvalue weighted by molar-refractivity contribution is -0.384. The van der Waals surface area contributed by atoms with Gasteiger partial charge in [0.15, 0.2) is 0 Å². The van der Waals surface area contributed by atoms with E-state index in [-0.39, 0.29) is 16.0 Å². The Hall–Kier alpha value is -3.14. The fraction of sp³-hybridized carbons (Fsp3) is 0.143. The van der Waals surface area contributed by atoms with Crippen molar-refractivity contribution in [3.8, 4) is 5.69 Å². The van der Waals surface area contributed by atoms with Crippen molar-refractivity contribution < 1.29 is 4.92 Å². The Morgan fingerprint density at radius 1 is 0.920 bits per heavy atom. The second kappa shape index (κ2) is 4.48. The van der Waals surface area contributed by atoms with Crippen LogP contribution in [-0.2, 0) is 5.41 Å². The van der Waals surface area contributed by atoms with E-state index in [2.05, 4.69) is 54.8 Å². The molecule has 0 unspecified atom stereocenters. The first-order chi connectivity index (χ1) is 12.0. The fourth-order valence-corrected chi connectivity index (χ4v) is 4.27. The van der Waals surface area contributed by atoms with Gasteiger partial charge < -0.3 is 4.57 Å². The number of nitrogens with zero attached hydrogens (tertiary/aromatic N) is 2. The van der Waals surface area contributed by atoms with Crippen LogP contribution in [0.15, 0.2) is 60.7 Å². The Labute approximate surface area is 144 Å². The van der Waals surface area contributed by atoms with Crippen molar-refractivity contribution in [1.82, 2.24) is 4.57 Å². The minimum atomic E-state index is -0.329. The van der Waals surface area contributed by atoms with Gasteiger partial charge >= 0.3 is 0 Å². The summed E-state index contributed by atoms with van der Waals surface area (Å²) in [6.45, 7) is 4.48. The van der Waals surface area contributed by atoms with Gasteiger partial charge in [0.05, 0.1) is 21.6 Å². The molecule has 3 aromatic carbocycles. The van der Waals surface area contributed by atoms with E-state index in [1.165, 1.54) is 11.1 Å². The molecule has 0 radical (unpaired) electrons. The summed E-state index contributed by atoms with van der Waals surface area (Å²) in [6.07, 6.45) is 0. The summed E-state index contributed by atoms with van der Waals surface area (Å²) in [5, 5.41) is 13.5. The summed E-state index contributed by atoms with van der Waals surface area (Å²) in [5.41, 5.74) is 5.64. The average Bonchev–Trinajstić information content (AvgIpc) is 2.94. The number of aromatic nitrogens is 1. The quantitative estimate of drug-likeness (QED) is 0.350. The van der Waals surface area contributed by atoms with Crippen molar-refractivity contribution in [2.75, 3.05) is 0 Å². The van der Waals surface area contributed by atoms with Crippen LogP contribution in [0.4, 0.5) is 5.69 Å². The van der Waals surface area contributed by atoms with Gasteiger partial charge in [-0.1, -0.05) is 50.2 Å². The van der Waals surface area contributed by atoms with Crippen molar-refractivity contribution in [3.05, 3.63) is 81.9 Å². The second-order valence-electron chi connectivity index (χ2n) is 7.14. The summed E-state index contributed by atoms with van der Waals surface area (Å²) >= 11 is 0. The van der Waals surface area contributed by atoms with E-state index in [1.807, 2.05) is 12.1 Å². The Balaban J connectivity index is 2.07. The molecule has 0 amide bonds. The van der Waals surface area contributed by atoms with Gasteiger partial charge in [-0.05, 0) is 23.3 Å². The van der Waals surface area contributed by atoms with E-state index in [0.717, 1.165) is 27.5 Å². The van der Waals surface area contributed by atoms with Gasteiger partial charge in [-0.3, -0.25) is 10.1 Å². The van der Waals surface area contributed by atoms with Gasteiger partial charge in [-0.15, -0.1) is 0 Å². The molecule has 0 saturated carbocycles. The number of non-ortho nitro benzene ring substituents is 1. The first-order valence-corrected chi connectivity index (χ1v) is 8.32. The summed E-state index contributed by atoms with van der Waals surface area (Å²) in [5.74, 6) is 0. The lowest BCUT2D eigenvalue weighted by Crippen LogP contribution is -2.26. The van der Waals surface area contributed by atoms with E-state index in [0.29, 0.717) is 0 Å². The van der Waals surface area contributed by atoms with Gasteiger partial charge in [0, 0.05) is 28.3 Å². The Morgan fingerprint density at radius 3 is 2.48 bits per heavy atom. The largest absolute Gasteiger partial charge is 0.308 e. The van der Waals surface area contributed by atoms with E-state index >= 15 is 0 Å². The third-order valence-corrected chi connectivity index (χ3v) is 5.47. The normalized spacial score (nSPS) is 14.6. The molecule has 0 aliphatic carbocycles. The molecule has 0 fully saturated rings. The highest BCUT2D eigenvalue weighted by atomic mass is 16.6. The molecule has 4 nitrogen and oxygen atoms in total. The lowest BCUT2D eigenvalue weighted by atomic mass is 9.75. The number of nitro groups is 1. The maximum absolute atomic E-state index is 11.3. The molecule has 1 aromatic heterocycles. The molecule has 25 heavy (non-hydrogen) atoms. The van der Waals surface area contributed by atoms with Gasteiger partial charge in [0.25, 0.3) is 5.69 Å². The number of hydrogen-bond acceptors (Lipinski definition) is 2. The standard InChI is InChI=1S/C21H16N2O2/c1-21(2)16-7-3-4-9-18(16)22-19-12-13(23(24)25)10-11-14(19)15-6-5-8-17(21)20(15)22/h3-12H,1-2H3. The molecular weight excluding hydrogens is 312 g/mol. The molecule has 1 aliphatic heterocycles. The SMILES string of the molecule is CC1(C)c2ccccc2-n2c3cc([N+](=O)[O-])ccc3c3cccc1c32. The second-order valence-corrected chi connectivity index (χ2v) is 7.14. The average molecular weight is 328 g/mol. The van der Waals surface area contributed by atoms with Crippen molar-refractivity contribution in [2.45, 2.75) is 19.3 Å². The molecule has 0 saturated heterocycles. The molecule has 0 bridgehead atoms. The molecule has 5 rings (SSSR count). The number of hydrogen-bond donors (Lipinski definition) is 0. The van der Waals surface area contributed by atoms with Crippen LogP contribution in [0.2, 0.25) is 0 Å². The smallest absolute Gasteiger partial charge is 0.271 e. The van der Waals surface area contributed by atoms with Crippen LogP contribution in [0.3, 0.4) is 0 Å². The van der Waals surface area contributed by atoms with E-state index in [4.69, 9.17) is 0 Å². The molecule has 2 heterocycles. The maximum Gasteiger partial charge on any atom is 0.271 e. The lowest BCUT2D eigenvalue weighted by Gasteiger charge is -2.34. The minimum Gasteiger partial charge on any atom is -0.308 e. The topological polar surface area (TPSA) is 48.1 Å². The van der Waals surface area contributed by atoms with Crippen LogP contribution in [0.1, 0.15) is 25.0 Å². The van der Waals surface area contributed by atoms with Crippen LogP contribution in [0.5, 0.6) is 0 Å². The monoisotopic (exact) mass is 328 g/mol. The zero-order valence-electron chi connectivity index (χ0n) is 14.0. The van der Waals surface area contributed by atoms with Gasteiger partial charge in [0.2, 0.25) is 0 Å². The van der Waals surface area contributed by atoms with E-state index in [1.54, 1.807) is 12.1 Å². The van der Waals surface area contributed by atoms with E-state index < -0.39 is 0 Å².